The molecule has 1 N–H and O–H groups in total. The van der Waals surface area contributed by atoms with E-state index >= 15 is 4.39 Å². The number of carbonyl (C=O) groups is 1. The van der Waals surface area contributed by atoms with E-state index in [0.717, 1.165) is 13.0 Å². The lowest BCUT2D eigenvalue weighted by Crippen LogP contribution is -2.40. The fourth-order valence-electron chi connectivity index (χ4n) is 4.24. The first-order chi connectivity index (χ1) is 20.3. The van der Waals surface area contributed by atoms with Gasteiger partial charge in [0.05, 0.1) is 16.9 Å². The van der Waals surface area contributed by atoms with Crippen molar-refractivity contribution >= 4 is 33.2 Å². The second kappa shape index (κ2) is 13.8. The molecule has 2 atom stereocenters. The maximum atomic E-state index is 15.1. The average molecular weight is 706 g/mol. The van der Waals surface area contributed by atoms with Crippen LogP contribution in [0.1, 0.15) is 65.2 Å². The van der Waals surface area contributed by atoms with Gasteiger partial charge in [-0.25, -0.2) is 21.6 Å². The second-order valence-corrected chi connectivity index (χ2v) is 12.6. The van der Waals surface area contributed by atoms with Crippen LogP contribution in [0.25, 0.3) is 5.83 Å². The molecule has 2 aromatic rings. The Morgan fingerprint density at radius 1 is 0.956 bits per heavy atom. The Bertz CT molecular complexity index is 1520. The molecule has 0 bridgehead atoms. The number of allylic oxidation sites excluding steroid dienone is 1. The number of halogens is 13. The number of alkyl halides is 11. The van der Waals surface area contributed by atoms with E-state index in [1.165, 1.54) is 6.92 Å². The number of hydrogen-bond donors (Lipinski definition) is 1. The standard InChI is InChI=1S/C27H24ClF12NO3S/c1-3-6-24(30,31)17-7-16(8-18(28)10-17)20(26(35,36)37)11-22(29)15-4-5-19(21(9-15)27(38,39)40)23(42)41-14(2)12-45(43,44)13-25(32,33)34/h4-5,7-11,14,20H,3,6,12-13H2,1-2H3,(H,41,42)/b22-11-/t14-,20?/m1/s1. The van der Waals surface area contributed by atoms with Crippen molar-refractivity contribution in [3.8, 4) is 0 Å². The number of hydrogen-bond acceptors (Lipinski definition) is 3. The Morgan fingerprint density at radius 2 is 1.56 bits per heavy atom. The number of benzene rings is 2. The van der Waals surface area contributed by atoms with E-state index < -0.39 is 109 Å². The molecule has 0 aromatic heterocycles. The molecule has 0 saturated carbocycles. The largest absolute Gasteiger partial charge is 0.417 e. The second-order valence-electron chi connectivity index (χ2n) is 10.1. The first-order valence-electron chi connectivity index (χ1n) is 12.7. The molecule has 0 aliphatic carbocycles. The summed E-state index contributed by atoms with van der Waals surface area (Å²) in [6, 6.07) is 1.03. The maximum Gasteiger partial charge on any atom is 0.417 e. The summed E-state index contributed by atoms with van der Waals surface area (Å²) in [7, 11) is -4.85. The Labute approximate surface area is 254 Å². The summed E-state index contributed by atoms with van der Waals surface area (Å²) in [6.45, 7) is 2.29. The summed E-state index contributed by atoms with van der Waals surface area (Å²) in [5.74, 6) is -13.6. The zero-order chi connectivity index (χ0) is 34.8. The normalized spacial score (nSPS) is 15.1. The molecule has 1 amide bonds. The number of nitrogens with one attached hydrogen (secondary N) is 1. The molecular formula is C27H24ClF12NO3S. The van der Waals surface area contributed by atoms with Gasteiger partial charge in [0.1, 0.15) is 17.5 Å². The fourth-order valence-corrected chi connectivity index (χ4v) is 5.95. The minimum atomic E-state index is -5.43. The summed E-state index contributed by atoms with van der Waals surface area (Å²) >= 11 is 5.76. The van der Waals surface area contributed by atoms with Crippen LogP contribution >= 0.6 is 11.6 Å². The van der Waals surface area contributed by atoms with Crippen LogP contribution in [0.2, 0.25) is 5.02 Å². The first-order valence-corrected chi connectivity index (χ1v) is 14.9. The highest BCUT2D eigenvalue weighted by atomic mass is 35.5. The number of carbonyl (C=O) groups excluding carboxylic acids is 1. The van der Waals surface area contributed by atoms with E-state index in [4.69, 9.17) is 11.6 Å². The highest BCUT2D eigenvalue weighted by molar-refractivity contribution is 7.91. The van der Waals surface area contributed by atoms with Crippen molar-refractivity contribution in [1.82, 2.24) is 5.32 Å². The summed E-state index contributed by atoms with van der Waals surface area (Å²) in [4.78, 5) is 12.5. The maximum absolute atomic E-state index is 15.1. The summed E-state index contributed by atoms with van der Waals surface area (Å²) in [5.41, 5.74) is -6.06. The zero-order valence-corrected chi connectivity index (χ0v) is 24.6. The van der Waals surface area contributed by atoms with Gasteiger partial charge in [0, 0.05) is 28.6 Å². The zero-order valence-electron chi connectivity index (χ0n) is 23.1. The molecule has 0 aliphatic heterocycles. The predicted molar refractivity (Wildman–Crippen MR) is 141 cm³/mol. The molecule has 18 heteroatoms. The molecule has 0 spiro atoms. The summed E-state index contributed by atoms with van der Waals surface area (Å²) < 4.78 is 188. The Hall–Kier alpha value is -2.95. The van der Waals surface area contributed by atoms with Gasteiger partial charge in [-0.05, 0) is 48.9 Å². The van der Waals surface area contributed by atoms with E-state index in [-0.39, 0.29) is 18.6 Å². The van der Waals surface area contributed by atoms with Gasteiger partial charge >= 0.3 is 18.5 Å². The van der Waals surface area contributed by atoms with E-state index in [1.807, 2.05) is 0 Å². The lowest BCUT2D eigenvalue weighted by Gasteiger charge is -2.22. The van der Waals surface area contributed by atoms with Crippen LogP contribution in [0.4, 0.5) is 52.7 Å². The SMILES string of the molecule is CCCC(F)(F)c1cc(Cl)cc(C(/C=C(\F)c2ccc(C(=O)N[C@H](C)CS(=O)(=O)CC(F)(F)F)c(C(F)(F)F)c2)C(F)(F)F)c1. The molecule has 2 rings (SSSR count). The van der Waals surface area contributed by atoms with Gasteiger partial charge in [-0.3, -0.25) is 4.79 Å². The topological polar surface area (TPSA) is 63.2 Å². The highest BCUT2D eigenvalue weighted by Gasteiger charge is 2.42. The smallest absolute Gasteiger partial charge is 0.349 e. The minimum absolute atomic E-state index is 0.0158. The summed E-state index contributed by atoms with van der Waals surface area (Å²) in [6.07, 6.45) is -16.9. The Balaban J connectivity index is 2.52. The third-order valence-electron chi connectivity index (χ3n) is 6.04. The molecule has 1 unspecified atom stereocenters. The van der Waals surface area contributed by atoms with Gasteiger partial charge in [0.25, 0.3) is 11.8 Å². The minimum Gasteiger partial charge on any atom is -0.349 e. The number of sulfone groups is 1. The first kappa shape index (κ1) is 38.2. The van der Waals surface area contributed by atoms with Crippen LogP contribution in [-0.2, 0) is 21.9 Å². The van der Waals surface area contributed by atoms with Crippen molar-refractivity contribution in [1.29, 1.82) is 0 Å². The van der Waals surface area contributed by atoms with Crippen LogP contribution in [0, 0.1) is 0 Å². The molecular weight excluding hydrogens is 682 g/mol. The van der Waals surface area contributed by atoms with Gasteiger partial charge in [-0.15, -0.1) is 0 Å². The van der Waals surface area contributed by atoms with Gasteiger partial charge in [-0.2, -0.15) is 39.5 Å². The Kier molecular flexibility index (Phi) is 11.7. The van der Waals surface area contributed by atoms with Crippen molar-refractivity contribution in [2.24, 2.45) is 0 Å². The number of amides is 1. The van der Waals surface area contributed by atoms with Crippen molar-refractivity contribution in [2.75, 3.05) is 11.5 Å². The van der Waals surface area contributed by atoms with E-state index in [9.17, 15) is 61.5 Å². The van der Waals surface area contributed by atoms with Crippen LogP contribution in [0.5, 0.6) is 0 Å². The molecule has 252 valence electrons. The van der Waals surface area contributed by atoms with Gasteiger partial charge < -0.3 is 5.32 Å². The third-order valence-corrected chi connectivity index (χ3v) is 8.03. The monoisotopic (exact) mass is 705 g/mol. The van der Waals surface area contributed by atoms with E-state index in [2.05, 4.69) is 0 Å². The molecule has 0 aliphatic rings. The lowest BCUT2D eigenvalue weighted by atomic mass is 9.92. The van der Waals surface area contributed by atoms with Crippen LogP contribution < -0.4 is 5.32 Å². The highest BCUT2D eigenvalue weighted by Crippen LogP contribution is 2.43. The Morgan fingerprint density at radius 3 is 2.07 bits per heavy atom. The molecule has 0 fully saturated rings. The quantitative estimate of drug-likeness (QED) is 0.238. The van der Waals surface area contributed by atoms with E-state index in [1.54, 1.807) is 5.32 Å². The third kappa shape index (κ3) is 11.1. The molecule has 4 nitrogen and oxygen atoms in total. The van der Waals surface area contributed by atoms with Gasteiger partial charge in [0.15, 0.2) is 9.84 Å². The molecule has 45 heavy (non-hydrogen) atoms. The molecule has 0 heterocycles. The number of rotatable bonds is 11. The molecule has 0 radical (unpaired) electrons. The van der Waals surface area contributed by atoms with Crippen molar-refractivity contribution in [3.05, 3.63) is 75.3 Å². The van der Waals surface area contributed by atoms with Gasteiger partial charge in [0.2, 0.25) is 0 Å². The predicted octanol–water partition coefficient (Wildman–Crippen LogP) is 9.00. The van der Waals surface area contributed by atoms with Crippen molar-refractivity contribution < 1.29 is 65.9 Å². The summed E-state index contributed by atoms with van der Waals surface area (Å²) in [5, 5.41) is 1.24. The van der Waals surface area contributed by atoms with Crippen molar-refractivity contribution in [2.45, 2.75) is 63.1 Å². The molecule has 0 saturated heterocycles. The van der Waals surface area contributed by atoms with E-state index in [0.29, 0.717) is 24.3 Å². The van der Waals surface area contributed by atoms with Crippen LogP contribution in [-0.4, -0.2) is 44.2 Å². The van der Waals surface area contributed by atoms with Crippen LogP contribution in [0.15, 0.2) is 42.5 Å². The molecule has 2 aromatic carbocycles. The fraction of sp³-hybridized carbons (Fsp3) is 0.444. The lowest BCUT2D eigenvalue weighted by molar-refractivity contribution is -0.140. The van der Waals surface area contributed by atoms with Crippen LogP contribution in [0.3, 0.4) is 0 Å². The van der Waals surface area contributed by atoms with Gasteiger partial charge in [-0.1, -0.05) is 31.0 Å². The average Bonchev–Trinajstić information content (AvgIpc) is 2.83. The van der Waals surface area contributed by atoms with Crippen molar-refractivity contribution in [3.63, 3.8) is 0 Å².